The number of para-hydroxylation sites is 1. The molecule has 12 heteroatoms. The van der Waals surface area contributed by atoms with Crippen molar-refractivity contribution in [1.82, 2.24) is 19.8 Å². The number of nitrogens with zero attached hydrogens (tertiary/aromatic N) is 4. The summed E-state index contributed by atoms with van der Waals surface area (Å²) in [4.78, 5) is 38.4. The molecule has 43 heavy (non-hydrogen) atoms. The lowest BCUT2D eigenvalue weighted by Gasteiger charge is -2.34. The van der Waals surface area contributed by atoms with Crippen LogP contribution in [0.3, 0.4) is 0 Å². The molecule has 1 aliphatic rings. The molecule has 0 aliphatic carbocycles. The fourth-order valence-electron chi connectivity index (χ4n) is 5.26. The van der Waals surface area contributed by atoms with E-state index in [0.717, 1.165) is 31.3 Å². The molecule has 5 N–H and O–H groups in total. The molecule has 2 amide bonds. The first-order valence-electron chi connectivity index (χ1n) is 13.9. The van der Waals surface area contributed by atoms with Crippen molar-refractivity contribution in [2.24, 2.45) is 5.73 Å². The van der Waals surface area contributed by atoms with Gasteiger partial charge in [0.15, 0.2) is 5.82 Å². The van der Waals surface area contributed by atoms with Crippen LogP contribution >= 0.6 is 0 Å². The standard InChI is InChI=1S/C31H32F3N7O2/c1-3-40-11-13-41(14-12-40)17-20-9-10-21(16-25(20)31(32,33)34)37-30(43)19-8-7-18(2)24(15-19)29-38-26-22(27(35)39-29)5-4-6-23(26)28(36)42/h4-10,15-16H,3,11-14,17H2,1-2H3,(H2,36,42)(H,37,43)(H2,35,38,39). The summed E-state index contributed by atoms with van der Waals surface area (Å²) in [7, 11) is 0. The van der Waals surface area contributed by atoms with Crippen LogP contribution in [0.15, 0.2) is 54.6 Å². The predicted molar refractivity (Wildman–Crippen MR) is 159 cm³/mol. The Kier molecular flexibility index (Phi) is 8.34. The molecule has 0 atom stereocenters. The maximum atomic E-state index is 14.1. The molecule has 1 aromatic heterocycles. The molecule has 9 nitrogen and oxygen atoms in total. The number of aryl methyl sites for hydroxylation is 1. The van der Waals surface area contributed by atoms with Crippen LogP contribution in [-0.2, 0) is 12.7 Å². The molecule has 1 fully saturated rings. The number of rotatable bonds is 7. The molecule has 0 bridgehead atoms. The highest BCUT2D eigenvalue weighted by molar-refractivity contribution is 6.07. The van der Waals surface area contributed by atoms with Gasteiger partial charge in [-0.25, -0.2) is 9.97 Å². The molecule has 5 rings (SSSR count). The summed E-state index contributed by atoms with van der Waals surface area (Å²) in [6.07, 6.45) is -4.59. The first-order chi connectivity index (χ1) is 20.4. The molecule has 0 spiro atoms. The highest BCUT2D eigenvalue weighted by Gasteiger charge is 2.34. The van der Waals surface area contributed by atoms with Crippen LogP contribution in [0.5, 0.6) is 0 Å². The number of nitrogens with two attached hydrogens (primary N) is 2. The van der Waals surface area contributed by atoms with Gasteiger partial charge in [-0.3, -0.25) is 14.5 Å². The van der Waals surface area contributed by atoms with Gasteiger partial charge >= 0.3 is 6.18 Å². The lowest BCUT2D eigenvalue weighted by atomic mass is 10.0. The number of halogens is 3. The molecule has 0 radical (unpaired) electrons. The summed E-state index contributed by atoms with van der Waals surface area (Å²) in [5.41, 5.74) is 12.9. The van der Waals surface area contributed by atoms with Crippen molar-refractivity contribution in [1.29, 1.82) is 0 Å². The number of likely N-dealkylation sites (N-methyl/N-ethyl adjacent to an activating group) is 1. The van der Waals surface area contributed by atoms with Gasteiger partial charge in [-0.05, 0) is 61.0 Å². The van der Waals surface area contributed by atoms with Crippen LogP contribution in [0, 0.1) is 6.92 Å². The molecule has 1 aliphatic heterocycles. The molecular formula is C31H32F3N7O2. The number of nitrogen functional groups attached to an aromatic ring is 1. The van der Waals surface area contributed by atoms with Crippen molar-refractivity contribution < 1.29 is 22.8 Å². The molecular weight excluding hydrogens is 559 g/mol. The van der Waals surface area contributed by atoms with Gasteiger partial charge in [0.1, 0.15) is 5.82 Å². The number of carbonyl (C=O) groups excluding carboxylic acids is 2. The average Bonchev–Trinajstić information content (AvgIpc) is 2.97. The first kappa shape index (κ1) is 29.9. The third-order valence-electron chi connectivity index (χ3n) is 7.74. The third-order valence-corrected chi connectivity index (χ3v) is 7.74. The summed E-state index contributed by atoms with van der Waals surface area (Å²) in [6, 6.07) is 13.5. The second kappa shape index (κ2) is 12.0. The number of hydrogen-bond acceptors (Lipinski definition) is 7. The highest BCUT2D eigenvalue weighted by Crippen LogP contribution is 2.35. The Balaban J connectivity index is 1.41. The largest absolute Gasteiger partial charge is 0.416 e. The van der Waals surface area contributed by atoms with Gasteiger partial charge < -0.3 is 21.7 Å². The smallest absolute Gasteiger partial charge is 0.383 e. The number of amides is 2. The quantitative estimate of drug-likeness (QED) is 0.284. The predicted octanol–water partition coefficient (Wildman–Crippen LogP) is 4.69. The lowest BCUT2D eigenvalue weighted by molar-refractivity contribution is -0.138. The van der Waals surface area contributed by atoms with Crippen LogP contribution in [0.25, 0.3) is 22.3 Å². The van der Waals surface area contributed by atoms with E-state index < -0.39 is 23.6 Å². The Bertz CT molecular complexity index is 1700. The molecule has 0 saturated carbocycles. The summed E-state index contributed by atoms with van der Waals surface area (Å²) in [5, 5.41) is 3.05. The highest BCUT2D eigenvalue weighted by atomic mass is 19.4. The van der Waals surface area contributed by atoms with E-state index in [1.54, 1.807) is 31.2 Å². The minimum atomic E-state index is -4.59. The number of carbonyl (C=O) groups is 2. The molecule has 0 unspecified atom stereocenters. The van der Waals surface area contributed by atoms with Crippen LogP contribution in [0.2, 0.25) is 0 Å². The van der Waals surface area contributed by atoms with Crippen LogP contribution < -0.4 is 16.8 Å². The Morgan fingerprint density at radius 2 is 1.70 bits per heavy atom. The number of fused-ring (bicyclic) bond motifs is 1. The van der Waals surface area contributed by atoms with E-state index in [9.17, 15) is 22.8 Å². The van der Waals surface area contributed by atoms with Gasteiger partial charge in [-0.2, -0.15) is 13.2 Å². The Labute approximate surface area is 246 Å². The fraction of sp³-hybridized carbons (Fsp3) is 0.290. The lowest BCUT2D eigenvalue weighted by Crippen LogP contribution is -2.45. The molecule has 224 valence electrons. The molecule has 3 aromatic carbocycles. The number of hydrogen-bond donors (Lipinski definition) is 3. The summed E-state index contributed by atoms with van der Waals surface area (Å²) in [5.74, 6) is -0.981. The van der Waals surface area contributed by atoms with Crippen molar-refractivity contribution in [3.63, 3.8) is 0 Å². The van der Waals surface area contributed by atoms with Crippen molar-refractivity contribution in [3.8, 4) is 11.4 Å². The van der Waals surface area contributed by atoms with E-state index >= 15 is 0 Å². The molecule has 2 heterocycles. The molecule has 1 saturated heterocycles. The van der Waals surface area contributed by atoms with Crippen LogP contribution in [0.1, 0.15) is 44.3 Å². The first-order valence-corrected chi connectivity index (χ1v) is 13.9. The van der Waals surface area contributed by atoms with Crippen molar-refractivity contribution in [2.75, 3.05) is 43.8 Å². The maximum Gasteiger partial charge on any atom is 0.416 e. The van der Waals surface area contributed by atoms with Gasteiger partial charge in [0, 0.05) is 54.9 Å². The maximum absolute atomic E-state index is 14.1. The SMILES string of the molecule is CCN1CCN(Cc2ccc(NC(=O)c3ccc(C)c(-c4nc(N)c5cccc(C(N)=O)c5n4)c3)cc2C(F)(F)F)CC1. The van der Waals surface area contributed by atoms with Crippen molar-refractivity contribution in [2.45, 2.75) is 26.6 Å². The number of anilines is 2. The number of piperazine rings is 1. The number of nitrogens with one attached hydrogen (secondary N) is 1. The molecule has 4 aromatic rings. The number of primary amides is 1. The summed E-state index contributed by atoms with van der Waals surface area (Å²) in [6.45, 7) is 7.95. The van der Waals surface area contributed by atoms with E-state index in [0.29, 0.717) is 24.0 Å². The average molecular weight is 592 g/mol. The zero-order valence-electron chi connectivity index (χ0n) is 23.8. The second-order valence-corrected chi connectivity index (χ2v) is 10.6. The Hall–Kier alpha value is -4.55. The van der Waals surface area contributed by atoms with Crippen LogP contribution in [-0.4, -0.2) is 64.3 Å². The fourth-order valence-corrected chi connectivity index (χ4v) is 5.26. The van der Waals surface area contributed by atoms with Gasteiger partial charge in [0.2, 0.25) is 0 Å². The van der Waals surface area contributed by atoms with E-state index in [-0.39, 0.29) is 46.1 Å². The Morgan fingerprint density at radius 1 is 0.977 bits per heavy atom. The monoisotopic (exact) mass is 591 g/mol. The second-order valence-electron chi connectivity index (χ2n) is 10.6. The van der Waals surface area contributed by atoms with Crippen molar-refractivity contribution in [3.05, 3.63) is 82.4 Å². The van der Waals surface area contributed by atoms with Gasteiger partial charge in [0.05, 0.1) is 16.6 Å². The number of alkyl halides is 3. The van der Waals surface area contributed by atoms with Gasteiger partial charge in [-0.1, -0.05) is 25.1 Å². The van der Waals surface area contributed by atoms with E-state index in [1.807, 2.05) is 4.90 Å². The minimum absolute atomic E-state index is 0.0244. The van der Waals surface area contributed by atoms with Gasteiger partial charge in [-0.15, -0.1) is 0 Å². The topological polar surface area (TPSA) is 130 Å². The van der Waals surface area contributed by atoms with E-state index in [4.69, 9.17) is 11.5 Å². The van der Waals surface area contributed by atoms with Crippen LogP contribution in [0.4, 0.5) is 24.7 Å². The normalized spacial score (nSPS) is 14.6. The van der Waals surface area contributed by atoms with E-state index in [1.165, 1.54) is 24.3 Å². The number of benzene rings is 3. The zero-order valence-corrected chi connectivity index (χ0v) is 23.8. The summed E-state index contributed by atoms with van der Waals surface area (Å²) < 4.78 is 42.2. The minimum Gasteiger partial charge on any atom is -0.383 e. The summed E-state index contributed by atoms with van der Waals surface area (Å²) >= 11 is 0. The zero-order chi connectivity index (χ0) is 30.9. The van der Waals surface area contributed by atoms with E-state index in [2.05, 4.69) is 27.1 Å². The number of aromatic nitrogens is 2. The van der Waals surface area contributed by atoms with Crippen molar-refractivity contribution >= 4 is 34.2 Å². The third kappa shape index (κ3) is 6.45. The Morgan fingerprint density at radius 3 is 2.37 bits per heavy atom. The van der Waals surface area contributed by atoms with Gasteiger partial charge in [0.25, 0.3) is 11.8 Å².